The first kappa shape index (κ1) is 46.2. The molecule has 1 unspecified atom stereocenters. The Labute approximate surface area is 335 Å². The zero-order chi connectivity index (χ0) is 40.3. The van der Waals surface area contributed by atoms with Gasteiger partial charge in [-0.1, -0.05) is 133 Å². The van der Waals surface area contributed by atoms with Gasteiger partial charge in [0.05, 0.1) is 26.5 Å². The minimum absolute atomic E-state index is 0.126. The lowest BCUT2D eigenvalue weighted by atomic mass is 9.97. The molecule has 0 spiro atoms. The van der Waals surface area contributed by atoms with Gasteiger partial charge in [-0.25, -0.2) is 9.79 Å². The second kappa shape index (κ2) is 24.5. The number of hydrogen-bond acceptors (Lipinski definition) is 8. The van der Waals surface area contributed by atoms with Gasteiger partial charge in [0.1, 0.15) is 5.84 Å². The van der Waals surface area contributed by atoms with Crippen LogP contribution in [-0.2, 0) is 0 Å². The number of urea groups is 1. The highest BCUT2D eigenvalue weighted by molar-refractivity contribution is 6.08. The highest BCUT2D eigenvalue weighted by Gasteiger charge is 2.36. The van der Waals surface area contributed by atoms with Crippen molar-refractivity contribution in [2.45, 2.75) is 165 Å². The molecule has 4 atom stereocenters. The molecule has 1 fully saturated rings. The molecule has 3 N–H and O–H groups in total. The Hall–Kier alpha value is -3.17. The van der Waals surface area contributed by atoms with Crippen molar-refractivity contribution in [2.75, 3.05) is 33.0 Å². The second-order valence-corrected chi connectivity index (χ2v) is 18.0. The summed E-state index contributed by atoms with van der Waals surface area (Å²) in [4.78, 5) is 26.1. The van der Waals surface area contributed by atoms with Gasteiger partial charge in [-0.05, 0) is 73.3 Å². The molecule has 55 heavy (non-hydrogen) atoms. The van der Waals surface area contributed by atoms with Crippen LogP contribution in [0.4, 0.5) is 4.79 Å². The van der Waals surface area contributed by atoms with Crippen LogP contribution in [-0.4, -0.2) is 66.9 Å². The van der Waals surface area contributed by atoms with Gasteiger partial charge in [-0.3, -0.25) is 10.2 Å². The number of benzene rings is 1. The second-order valence-electron chi connectivity index (χ2n) is 18.0. The number of nitrogens with zero attached hydrogens (tertiary/aromatic N) is 4. The molecule has 0 radical (unpaired) electrons. The number of hydrogen-bond donors (Lipinski definition) is 2. The van der Waals surface area contributed by atoms with E-state index in [0.29, 0.717) is 73.9 Å². The van der Waals surface area contributed by atoms with E-state index in [1.807, 2.05) is 21.9 Å². The molecule has 1 aromatic rings. The number of carbonyl (C=O) groups excluding carboxylic acids is 1. The molecule has 0 saturated carbocycles. The van der Waals surface area contributed by atoms with Crippen LogP contribution in [0.15, 0.2) is 22.1 Å². The molecule has 2 amide bonds. The number of aliphatic imine (C=N–C) groups is 2. The molecule has 10 nitrogen and oxygen atoms in total. The Morgan fingerprint density at radius 1 is 0.709 bits per heavy atom. The van der Waals surface area contributed by atoms with E-state index in [0.717, 1.165) is 55.4 Å². The number of unbranched alkanes of at least 4 members (excludes halogenated alkanes) is 1. The lowest BCUT2D eigenvalue weighted by Crippen LogP contribution is -2.64. The van der Waals surface area contributed by atoms with Gasteiger partial charge < -0.3 is 24.8 Å². The fourth-order valence-corrected chi connectivity index (χ4v) is 7.19. The summed E-state index contributed by atoms with van der Waals surface area (Å²) in [6.45, 7) is 25.6. The van der Waals surface area contributed by atoms with Crippen LogP contribution >= 0.6 is 0 Å². The van der Waals surface area contributed by atoms with Crippen LogP contribution in [0.25, 0.3) is 0 Å². The third kappa shape index (κ3) is 16.8. The standard InChI is InChI=1S/C45H80N6O4/c1-11-12-25-50-31-51-42(47-43(46)48-44(51)49-45(50)52)38-29-39(53-26-22-35(8)19-13-16-32(2)3)41(55-28-24-37(10)21-15-18-34(6)7)40(30-38)54-27-23-36(9)20-14-17-33(4)5/h29-30,32-37,44H,11-28,31H2,1-10H3,(H2,46,48)(H,49,52)/t35-,36-,37-,44?/m0/s1. The van der Waals surface area contributed by atoms with Crippen LogP contribution in [0.1, 0.15) is 165 Å². The Bertz CT molecular complexity index is 1280. The number of nitrogens with one attached hydrogen (secondary N) is 1. The maximum Gasteiger partial charge on any atom is 0.321 e. The van der Waals surface area contributed by atoms with E-state index >= 15 is 0 Å². The van der Waals surface area contributed by atoms with Crippen LogP contribution in [0.5, 0.6) is 17.2 Å². The molecule has 0 bridgehead atoms. The van der Waals surface area contributed by atoms with Gasteiger partial charge in [-0.2, -0.15) is 4.99 Å². The van der Waals surface area contributed by atoms with Gasteiger partial charge in [0.25, 0.3) is 0 Å². The summed E-state index contributed by atoms with van der Waals surface area (Å²) in [5.41, 5.74) is 7.10. The average Bonchev–Trinajstić information content (AvgIpc) is 3.10. The molecule has 314 valence electrons. The Morgan fingerprint density at radius 2 is 1.18 bits per heavy atom. The normalized spacial score (nSPS) is 17.5. The number of amides is 2. The highest BCUT2D eigenvalue weighted by Crippen LogP contribution is 2.41. The van der Waals surface area contributed by atoms with Crippen molar-refractivity contribution in [2.24, 2.45) is 51.2 Å². The Morgan fingerprint density at radius 3 is 1.64 bits per heavy atom. The zero-order valence-electron chi connectivity index (χ0n) is 36.6. The van der Waals surface area contributed by atoms with Crippen LogP contribution < -0.4 is 25.3 Å². The molecule has 3 rings (SSSR count). The lowest BCUT2D eigenvalue weighted by Gasteiger charge is -2.43. The SMILES string of the molecule is CCCCN1CN2C(c3cc(OCC[C@@H](C)CCCC(C)C)c(OCC[C@@H](C)CCCC(C)C)c(OCC[C@@H](C)CCCC(C)C)c3)=NC(N)=NC2NC1=O. The third-order valence-electron chi connectivity index (χ3n) is 11.0. The summed E-state index contributed by atoms with van der Waals surface area (Å²) in [6.07, 6.45) is 15.2. The molecule has 1 saturated heterocycles. The average molecular weight is 769 g/mol. The van der Waals surface area contributed by atoms with Crippen molar-refractivity contribution in [1.82, 2.24) is 15.1 Å². The molecule has 1 aromatic carbocycles. The molecule has 10 heteroatoms. The van der Waals surface area contributed by atoms with Crippen LogP contribution in [0.3, 0.4) is 0 Å². The van der Waals surface area contributed by atoms with Crippen molar-refractivity contribution in [3.05, 3.63) is 17.7 Å². The van der Waals surface area contributed by atoms with Gasteiger partial charge in [0, 0.05) is 12.1 Å². The van der Waals surface area contributed by atoms with Gasteiger partial charge >= 0.3 is 6.03 Å². The van der Waals surface area contributed by atoms with Crippen LogP contribution in [0.2, 0.25) is 0 Å². The van der Waals surface area contributed by atoms with E-state index in [-0.39, 0.29) is 12.0 Å². The number of amidine groups is 1. The minimum Gasteiger partial charge on any atom is -0.490 e. The van der Waals surface area contributed by atoms with Crippen molar-refractivity contribution < 1.29 is 19.0 Å². The fraction of sp³-hybridized carbons (Fsp3) is 0.800. The molecule has 2 heterocycles. The number of fused-ring (bicyclic) bond motifs is 1. The van der Waals surface area contributed by atoms with E-state index < -0.39 is 6.29 Å². The van der Waals surface area contributed by atoms with Crippen LogP contribution in [0, 0.1) is 35.5 Å². The van der Waals surface area contributed by atoms with Gasteiger partial charge in [0.15, 0.2) is 11.5 Å². The molecular formula is C45H80N6O4. The first-order valence-electron chi connectivity index (χ1n) is 22.1. The highest BCUT2D eigenvalue weighted by atomic mass is 16.5. The molecule has 0 aliphatic carbocycles. The fourth-order valence-electron chi connectivity index (χ4n) is 7.19. The number of nitrogens with two attached hydrogens (primary N) is 1. The summed E-state index contributed by atoms with van der Waals surface area (Å²) in [7, 11) is 0. The van der Waals surface area contributed by atoms with Gasteiger partial charge in [-0.15, -0.1) is 0 Å². The number of ether oxygens (including phenoxy) is 3. The van der Waals surface area contributed by atoms with E-state index in [4.69, 9.17) is 24.9 Å². The zero-order valence-corrected chi connectivity index (χ0v) is 36.6. The summed E-state index contributed by atoms with van der Waals surface area (Å²) >= 11 is 0. The maximum atomic E-state index is 13.0. The van der Waals surface area contributed by atoms with E-state index in [1.165, 1.54) is 57.8 Å². The Kier molecular flexibility index (Phi) is 20.6. The maximum absolute atomic E-state index is 13.0. The topological polar surface area (TPSA) is 114 Å². The largest absolute Gasteiger partial charge is 0.490 e. The molecule has 2 aliphatic heterocycles. The quantitative estimate of drug-likeness (QED) is 0.0877. The van der Waals surface area contributed by atoms with Gasteiger partial charge in [0.2, 0.25) is 18.0 Å². The summed E-state index contributed by atoms with van der Waals surface area (Å²) in [5, 5.41) is 3.03. The van der Waals surface area contributed by atoms with E-state index in [9.17, 15) is 4.79 Å². The van der Waals surface area contributed by atoms with Crippen molar-refractivity contribution in [1.29, 1.82) is 0 Å². The van der Waals surface area contributed by atoms with Crippen molar-refractivity contribution in [3.63, 3.8) is 0 Å². The number of guanidine groups is 1. The van der Waals surface area contributed by atoms with E-state index in [1.54, 1.807) is 0 Å². The first-order chi connectivity index (χ1) is 26.3. The predicted octanol–water partition coefficient (Wildman–Crippen LogP) is 10.8. The minimum atomic E-state index is -0.641. The Balaban J connectivity index is 1.95. The third-order valence-corrected chi connectivity index (χ3v) is 11.0. The first-order valence-corrected chi connectivity index (χ1v) is 22.1. The van der Waals surface area contributed by atoms with E-state index in [2.05, 4.69) is 79.5 Å². The summed E-state index contributed by atoms with van der Waals surface area (Å²) < 4.78 is 20.1. The predicted molar refractivity (Wildman–Crippen MR) is 229 cm³/mol. The van der Waals surface area contributed by atoms with Crippen molar-refractivity contribution >= 4 is 17.8 Å². The number of rotatable bonds is 28. The summed E-state index contributed by atoms with van der Waals surface area (Å²) in [5.74, 6) is 6.56. The monoisotopic (exact) mass is 769 g/mol. The molecule has 0 aromatic heterocycles. The smallest absolute Gasteiger partial charge is 0.321 e. The lowest BCUT2D eigenvalue weighted by molar-refractivity contribution is 0.106. The van der Waals surface area contributed by atoms with Crippen molar-refractivity contribution in [3.8, 4) is 17.2 Å². The summed E-state index contributed by atoms with van der Waals surface area (Å²) in [6, 6.07) is 3.90. The molecule has 2 aliphatic rings. The number of carbonyl (C=O) groups is 1. The molecular weight excluding hydrogens is 689 g/mol.